The second kappa shape index (κ2) is 7.21. The van der Waals surface area contributed by atoms with E-state index in [1.165, 1.54) is 27.3 Å². The van der Waals surface area contributed by atoms with Crippen LogP contribution in [0.15, 0.2) is 40.0 Å². The summed E-state index contributed by atoms with van der Waals surface area (Å²) in [5.41, 5.74) is 0.794. The van der Waals surface area contributed by atoms with E-state index in [9.17, 15) is 24.5 Å². The number of nitrogens with zero attached hydrogens (tertiary/aromatic N) is 4. The van der Waals surface area contributed by atoms with Gasteiger partial charge in [0.15, 0.2) is 22.1 Å². The average Bonchev–Trinajstić information content (AvgIpc) is 3.42. The highest BCUT2D eigenvalue weighted by molar-refractivity contribution is 9.10. The van der Waals surface area contributed by atoms with Crippen LogP contribution in [0, 0.1) is 0 Å². The van der Waals surface area contributed by atoms with Crippen LogP contribution in [0.1, 0.15) is 7.65 Å². The molecule has 1 aromatic carbocycles. The number of fused-ring (bicyclic) bond motifs is 3. The van der Waals surface area contributed by atoms with Crippen LogP contribution in [0.4, 0.5) is 0 Å². The number of halogens is 1. The van der Waals surface area contributed by atoms with Crippen LogP contribution in [0.3, 0.4) is 0 Å². The number of hydrogen-bond acceptors (Lipinski definition) is 10. The number of phosphoric acid groups is 1. The van der Waals surface area contributed by atoms with E-state index in [1.807, 2.05) is 0 Å². The van der Waals surface area contributed by atoms with Gasteiger partial charge in [-0.05, 0) is 28.1 Å². The highest BCUT2D eigenvalue weighted by atomic mass is 79.9. The first-order chi connectivity index (χ1) is 15.7. The highest BCUT2D eigenvalue weighted by Crippen LogP contribution is 2.50. The maximum atomic E-state index is 13.1. The van der Waals surface area contributed by atoms with E-state index < -0.39 is 37.9 Å². The Kier molecular flexibility index (Phi) is 4.58. The number of hydrogen-bond donors (Lipinski definition) is 3. The molecule has 2 fully saturated rings. The number of aromatic amines is 1. The Bertz CT molecular complexity index is 1540. The Balaban J connectivity index is 0.00000241. The van der Waals surface area contributed by atoms with E-state index in [4.69, 9.17) is 9.26 Å². The van der Waals surface area contributed by atoms with Crippen LogP contribution in [-0.2, 0) is 18.3 Å². The third-order valence-corrected chi connectivity index (χ3v) is 7.10. The molecular weight excluding hydrogens is 525 g/mol. The second-order valence-corrected chi connectivity index (χ2v) is 9.69. The number of phosphoric ester groups is 1. The van der Waals surface area contributed by atoms with Crippen molar-refractivity contribution in [1.29, 1.82) is 0 Å². The lowest BCUT2D eigenvalue weighted by atomic mass is 10.1. The molecule has 0 bridgehead atoms. The van der Waals surface area contributed by atoms with E-state index in [0.29, 0.717) is 11.3 Å². The number of ether oxygens (including phenoxy) is 1. The van der Waals surface area contributed by atoms with Crippen LogP contribution in [-0.4, -0.2) is 59.1 Å². The van der Waals surface area contributed by atoms with Crippen molar-refractivity contribution < 1.29 is 34.9 Å². The Hall–Kier alpha value is -2.58. The highest BCUT2D eigenvalue weighted by Gasteiger charge is 2.51. The number of benzene rings is 1. The van der Waals surface area contributed by atoms with E-state index >= 15 is 0 Å². The number of rotatable bonds is 2. The molecule has 0 spiro atoms. The molecule has 0 aliphatic carbocycles. The maximum Gasteiger partial charge on any atom is 1.00 e. The van der Waals surface area contributed by atoms with Gasteiger partial charge in [0.2, 0.25) is 5.78 Å². The smallest absolute Gasteiger partial charge is 0.756 e. The van der Waals surface area contributed by atoms with E-state index in [2.05, 4.69) is 35.4 Å². The van der Waals surface area contributed by atoms with Crippen molar-refractivity contribution in [1.82, 2.24) is 23.9 Å². The van der Waals surface area contributed by atoms with E-state index in [-0.39, 0.29) is 35.5 Å². The molecule has 2 saturated heterocycles. The van der Waals surface area contributed by atoms with E-state index in [0.717, 1.165) is 0 Å². The summed E-state index contributed by atoms with van der Waals surface area (Å²) in [5, 5.41) is 20.5. The SMILES string of the molecule is O=c1c2nc(Br)n([C@@H]3OC4COP(=O)([O-])O[C@H]4C3O)c2nc2[nH]c(-c3cccc(O)c3)cn12.[H+]. The van der Waals surface area contributed by atoms with Gasteiger partial charge in [0, 0.05) is 11.8 Å². The monoisotopic (exact) mass is 539 g/mol. The van der Waals surface area contributed by atoms with Crippen molar-refractivity contribution in [3.8, 4) is 17.0 Å². The Labute approximate surface area is 193 Å². The van der Waals surface area contributed by atoms with Crippen molar-refractivity contribution in [3.63, 3.8) is 0 Å². The minimum absolute atomic E-state index is 0. The molecule has 3 N–H and O–H groups in total. The summed E-state index contributed by atoms with van der Waals surface area (Å²) in [6.07, 6.45) is -3.03. The van der Waals surface area contributed by atoms with Gasteiger partial charge in [-0.3, -0.25) is 13.9 Å². The number of phenolic OH excluding ortho intramolecular Hbond substituents is 1. The Morgan fingerprint density at radius 2 is 2.18 bits per heavy atom. The molecule has 5 heterocycles. The summed E-state index contributed by atoms with van der Waals surface area (Å²) in [7, 11) is -4.55. The Morgan fingerprint density at radius 1 is 1.36 bits per heavy atom. The lowest BCUT2D eigenvalue weighted by molar-refractivity contribution is -0.245. The van der Waals surface area contributed by atoms with Gasteiger partial charge < -0.3 is 33.9 Å². The fraction of sp³-hybridized carbons (Fsp3) is 0.278. The molecule has 15 heteroatoms. The van der Waals surface area contributed by atoms with Gasteiger partial charge in [-0.2, -0.15) is 4.98 Å². The predicted octanol–water partition coefficient (Wildman–Crippen LogP) is 0.762. The van der Waals surface area contributed by atoms with Gasteiger partial charge in [0.05, 0.1) is 12.3 Å². The standard InChI is InChI=1S/C18H15BrN5O8P/c19-17-21-11-14(24(17)16-12(26)13-10(31-16)6-30-33(28,29)32-13)22-18-20-9(5-23(18)15(11)27)7-2-1-3-8(25)4-7/h1-5,10,12-13,16,25-26H,6H2,(H,20,22)(H,28,29)/t10?,12?,13-,16-/m1/s1. The summed E-state index contributed by atoms with van der Waals surface area (Å²) in [5.74, 6) is 0.254. The Morgan fingerprint density at radius 3 is 2.97 bits per heavy atom. The van der Waals surface area contributed by atoms with Crippen molar-refractivity contribution in [3.05, 3.63) is 45.5 Å². The van der Waals surface area contributed by atoms with Crippen LogP contribution < -0.4 is 10.5 Å². The third kappa shape index (κ3) is 3.26. The fourth-order valence-electron chi connectivity index (χ4n) is 4.09. The first-order valence-electron chi connectivity index (χ1n) is 9.67. The minimum Gasteiger partial charge on any atom is -0.756 e. The summed E-state index contributed by atoms with van der Waals surface area (Å²) in [4.78, 5) is 36.5. The van der Waals surface area contributed by atoms with Crippen LogP contribution in [0.25, 0.3) is 28.2 Å². The topological polar surface area (TPSA) is 176 Å². The molecule has 5 atom stereocenters. The third-order valence-electron chi connectivity index (χ3n) is 5.58. The van der Waals surface area contributed by atoms with Gasteiger partial charge >= 0.3 is 1.43 Å². The largest absolute Gasteiger partial charge is 1.00 e. The number of nitrogens with one attached hydrogen (secondary N) is 1. The maximum absolute atomic E-state index is 13.1. The van der Waals surface area contributed by atoms with Crippen LogP contribution in [0.5, 0.6) is 5.75 Å². The number of aromatic hydroxyl groups is 1. The van der Waals surface area contributed by atoms with Gasteiger partial charge in [-0.15, -0.1) is 0 Å². The number of phenols is 1. The zero-order valence-corrected chi connectivity index (χ0v) is 18.8. The van der Waals surface area contributed by atoms with Gasteiger partial charge in [0.25, 0.3) is 13.4 Å². The zero-order valence-electron chi connectivity index (χ0n) is 17.4. The quantitative estimate of drug-likeness (QED) is 0.243. The number of aliphatic hydroxyl groups is 1. The first kappa shape index (κ1) is 21.0. The van der Waals surface area contributed by atoms with Crippen molar-refractivity contribution in [2.45, 2.75) is 24.5 Å². The lowest BCUT2D eigenvalue weighted by Gasteiger charge is -2.34. The lowest BCUT2D eigenvalue weighted by Crippen LogP contribution is -2.41. The summed E-state index contributed by atoms with van der Waals surface area (Å²) in [6, 6.07) is 6.48. The van der Waals surface area contributed by atoms with Crippen molar-refractivity contribution in [2.24, 2.45) is 0 Å². The molecule has 2 aliphatic rings. The molecule has 0 amide bonds. The van der Waals surface area contributed by atoms with Crippen molar-refractivity contribution in [2.75, 3.05) is 6.61 Å². The van der Waals surface area contributed by atoms with Gasteiger partial charge in [0.1, 0.15) is 24.1 Å². The summed E-state index contributed by atoms with van der Waals surface area (Å²) in [6.45, 7) is -0.312. The molecule has 0 radical (unpaired) electrons. The zero-order chi connectivity index (χ0) is 23.1. The predicted molar refractivity (Wildman–Crippen MR) is 113 cm³/mol. The molecular formula is C18H15BrN5O8P. The molecule has 33 heavy (non-hydrogen) atoms. The molecule has 3 unspecified atom stereocenters. The van der Waals surface area contributed by atoms with Crippen LogP contribution >= 0.6 is 23.8 Å². The number of aromatic nitrogens is 5. The minimum atomic E-state index is -4.55. The summed E-state index contributed by atoms with van der Waals surface area (Å²) >= 11 is 3.27. The molecule has 3 aromatic heterocycles. The van der Waals surface area contributed by atoms with E-state index in [1.54, 1.807) is 12.1 Å². The fourth-order valence-corrected chi connectivity index (χ4v) is 5.59. The number of aliphatic hydroxyl groups excluding tert-OH is 1. The molecule has 172 valence electrons. The van der Waals surface area contributed by atoms with Gasteiger partial charge in [-0.1, -0.05) is 12.1 Å². The average molecular weight is 540 g/mol. The molecule has 13 nitrogen and oxygen atoms in total. The molecule has 4 aromatic rings. The normalized spacial score (nSPS) is 29.7. The van der Waals surface area contributed by atoms with Gasteiger partial charge in [-0.25, -0.2) is 9.38 Å². The molecule has 0 saturated carbocycles. The number of H-pyrrole nitrogens is 1. The summed E-state index contributed by atoms with van der Waals surface area (Å²) < 4.78 is 29.8. The van der Waals surface area contributed by atoms with Crippen molar-refractivity contribution >= 4 is 40.7 Å². The number of imidazole rings is 2. The first-order valence-corrected chi connectivity index (χ1v) is 11.9. The molecule has 2 aliphatic heterocycles. The van der Waals surface area contributed by atoms with Crippen LogP contribution in [0.2, 0.25) is 0 Å². The second-order valence-electron chi connectivity index (χ2n) is 7.62. The molecule has 6 rings (SSSR count).